The third kappa shape index (κ3) is 3.32. The van der Waals surface area contributed by atoms with E-state index in [0.29, 0.717) is 0 Å². The van der Waals surface area contributed by atoms with Gasteiger partial charge in [-0.25, -0.2) is 9.97 Å². The Balaban J connectivity index is 2.46. The van der Waals surface area contributed by atoms with E-state index in [1.54, 1.807) is 7.11 Å². The van der Waals surface area contributed by atoms with Crippen LogP contribution in [-0.4, -0.2) is 17.1 Å². The Morgan fingerprint density at radius 2 is 2.00 bits per heavy atom. The minimum atomic E-state index is 0.830. The molecule has 0 amide bonds. The molecule has 1 aromatic carbocycles. The standard InChI is InChI=1S/C15H17BrN2O/c1-4-5-15-17-13(9-14(16)18-15)12-7-6-11(19-3)8-10(12)2/h6-9H,4-5H2,1-3H3. The number of ether oxygens (including phenoxy) is 1. The molecule has 0 aliphatic heterocycles. The van der Waals surface area contributed by atoms with Crippen LogP contribution in [0.5, 0.6) is 5.75 Å². The summed E-state index contributed by atoms with van der Waals surface area (Å²) >= 11 is 3.46. The monoisotopic (exact) mass is 320 g/mol. The van der Waals surface area contributed by atoms with Crippen LogP contribution >= 0.6 is 15.9 Å². The maximum atomic E-state index is 5.23. The summed E-state index contributed by atoms with van der Waals surface area (Å²) in [5.74, 6) is 1.74. The van der Waals surface area contributed by atoms with Crippen LogP contribution in [0, 0.1) is 6.92 Å². The topological polar surface area (TPSA) is 35.0 Å². The maximum Gasteiger partial charge on any atom is 0.130 e. The van der Waals surface area contributed by atoms with Gasteiger partial charge in [-0.05, 0) is 59.1 Å². The van der Waals surface area contributed by atoms with E-state index in [1.807, 2.05) is 24.3 Å². The van der Waals surface area contributed by atoms with Crippen molar-refractivity contribution in [3.8, 4) is 17.0 Å². The van der Waals surface area contributed by atoms with Crippen LogP contribution in [0.25, 0.3) is 11.3 Å². The first-order valence-electron chi connectivity index (χ1n) is 6.32. The molecule has 0 radical (unpaired) electrons. The van der Waals surface area contributed by atoms with E-state index < -0.39 is 0 Å². The maximum absolute atomic E-state index is 5.23. The van der Waals surface area contributed by atoms with Gasteiger partial charge in [0.2, 0.25) is 0 Å². The van der Waals surface area contributed by atoms with E-state index in [-0.39, 0.29) is 0 Å². The zero-order valence-corrected chi connectivity index (χ0v) is 13.0. The number of methoxy groups -OCH3 is 1. The predicted molar refractivity (Wildman–Crippen MR) is 80.5 cm³/mol. The molecule has 0 aliphatic rings. The summed E-state index contributed by atoms with van der Waals surface area (Å²) in [6.45, 7) is 4.19. The molecule has 0 atom stereocenters. The highest BCUT2D eigenvalue weighted by atomic mass is 79.9. The Morgan fingerprint density at radius 1 is 1.21 bits per heavy atom. The summed E-state index contributed by atoms with van der Waals surface area (Å²) in [6, 6.07) is 7.97. The van der Waals surface area contributed by atoms with Gasteiger partial charge in [0.05, 0.1) is 12.8 Å². The summed E-state index contributed by atoms with van der Waals surface area (Å²) in [4.78, 5) is 9.02. The number of nitrogens with zero attached hydrogens (tertiary/aromatic N) is 2. The molecule has 4 heteroatoms. The number of aromatic nitrogens is 2. The van der Waals surface area contributed by atoms with Gasteiger partial charge < -0.3 is 4.74 Å². The number of hydrogen-bond donors (Lipinski definition) is 0. The molecule has 2 rings (SSSR count). The zero-order chi connectivity index (χ0) is 13.8. The lowest BCUT2D eigenvalue weighted by Crippen LogP contribution is -1.98. The average molecular weight is 321 g/mol. The van der Waals surface area contributed by atoms with E-state index in [2.05, 4.69) is 39.7 Å². The SMILES string of the molecule is CCCc1nc(Br)cc(-c2ccc(OC)cc2C)n1. The Kier molecular flexibility index (Phi) is 4.53. The van der Waals surface area contributed by atoms with Gasteiger partial charge in [-0.1, -0.05) is 6.92 Å². The van der Waals surface area contributed by atoms with Crippen LogP contribution in [0.4, 0.5) is 0 Å². The van der Waals surface area contributed by atoms with Crippen molar-refractivity contribution < 1.29 is 4.74 Å². The number of halogens is 1. The van der Waals surface area contributed by atoms with Gasteiger partial charge in [-0.15, -0.1) is 0 Å². The number of aryl methyl sites for hydroxylation is 2. The second kappa shape index (κ2) is 6.15. The van der Waals surface area contributed by atoms with Gasteiger partial charge in [0.25, 0.3) is 0 Å². The third-order valence-electron chi connectivity index (χ3n) is 2.92. The molecular weight excluding hydrogens is 304 g/mol. The molecule has 0 unspecified atom stereocenters. The molecule has 0 aliphatic carbocycles. The minimum absolute atomic E-state index is 0.830. The van der Waals surface area contributed by atoms with Crippen molar-refractivity contribution >= 4 is 15.9 Å². The summed E-state index contributed by atoms with van der Waals surface area (Å²) in [6.07, 6.45) is 1.93. The zero-order valence-electron chi connectivity index (χ0n) is 11.4. The summed E-state index contributed by atoms with van der Waals surface area (Å²) in [7, 11) is 1.68. The van der Waals surface area contributed by atoms with Crippen molar-refractivity contribution in [2.75, 3.05) is 7.11 Å². The Hall–Kier alpha value is -1.42. The Morgan fingerprint density at radius 3 is 2.63 bits per heavy atom. The third-order valence-corrected chi connectivity index (χ3v) is 3.33. The molecule has 1 aromatic heterocycles. The van der Waals surface area contributed by atoms with Gasteiger partial charge in [0.15, 0.2) is 0 Å². The predicted octanol–water partition coefficient (Wildman–Crippen LogP) is 4.18. The molecular formula is C15H17BrN2O. The van der Waals surface area contributed by atoms with Crippen molar-refractivity contribution in [2.45, 2.75) is 26.7 Å². The van der Waals surface area contributed by atoms with Crippen molar-refractivity contribution in [2.24, 2.45) is 0 Å². The summed E-state index contributed by atoms with van der Waals surface area (Å²) in [5, 5.41) is 0. The second-order valence-electron chi connectivity index (χ2n) is 4.42. The van der Waals surface area contributed by atoms with Gasteiger partial charge in [0.1, 0.15) is 16.2 Å². The first-order valence-corrected chi connectivity index (χ1v) is 7.11. The molecule has 1 heterocycles. The number of hydrogen-bond acceptors (Lipinski definition) is 3. The highest BCUT2D eigenvalue weighted by molar-refractivity contribution is 9.10. The van der Waals surface area contributed by atoms with E-state index >= 15 is 0 Å². The van der Waals surface area contributed by atoms with E-state index in [1.165, 1.54) is 0 Å². The first-order chi connectivity index (χ1) is 9.13. The lowest BCUT2D eigenvalue weighted by molar-refractivity contribution is 0.414. The van der Waals surface area contributed by atoms with Gasteiger partial charge in [-0.3, -0.25) is 0 Å². The molecule has 0 saturated heterocycles. The molecule has 100 valence electrons. The minimum Gasteiger partial charge on any atom is -0.497 e. The fraction of sp³-hybridized carbons (Fsp3) is 0.333. The first kappa shape index (κ1) is 14.0. The van der Waals surface area contributed by atoms with Gasteiger partial charge >= 0.3 is 0 Å². The molecule has 0 saturated carbocycles. The molecule has 0 N–H and O–H groups in total. The molecule has 2 aromatic rings. The van der Waals surface area contributed by atoms with Crippen molar-refractivity contribution in [3.63, 3.8) is 0 Å². The van der Waals surface area contributed by atoms with Crippen molar-refractivity contribution in [1.29, 1.82) is 0 Å². The number of rotatable bonds is 4. The van der Waals surface area contributed by atoms with Crippen LogP contribution in [0.3, 0.4) is 0 Å². The lowest BCUT2D eigenvalue weighted by atomic mass is 10.1. The van der Waals surface area contributed by atoms with Crippen molar-refractivity contribution in [3.05, 3.63) is 40.3 Å². The van der Waals surface area contributed by atoms with Crippen molar-refractivity contribution in [1.82, 2.24) is 9.97 Å². The highest BCUT2D eigenvalue weighted by Gasteiger charge is 2.08. The second-order valence-corrected chi connectivity index (χ2v) is 5.24. The Bertz CT molecular complexity index is 584. The summed E-state index contributed by atoms with van der Waals surface area (Å²) < 4.78 is 6.06. The molecule has 0 spiro atoms. The highest BCUT2D eigenvalue weighted by Crippen LogP contribution is 2.27. The quantitative estimate of drug-likeness (QED) is 0.793. The molecule has 19 heavy (non-hydrogen) atoms. The van der Waals surface area contributed by atoms with Gasteiger partial charge in [-0.2, -0.15) is 0 Å². The van der Waals surface area contributed by atoms with Crippen LogP contribution < -0.4 is 4.74 Å². The Labute approximate surface area is 122 Å². The fourth-order valence-electron chi connectivity index (χ4n) is 1.99. The lowest BCUT2D eigenvalue weighted by Gasteiger charge is -2.09. The largest absolute Gasteiger partial charge is 0.497 e. The molecule has 0 fully saturated rings. The molecule has 0 bridgehead atoms. The summed E-state index contributed by atoms with van der Waals surface area (Å²) in [5.41, 5.74) is 3.21. The van der Waals surface area contributed by atoms with E-state index in [0.717, 1.165) is 45.8 Å². The van der Waals surface area contributed by atoms with Crippen LogP contribution in [0.15, 0.2) is 28.9 Å². The van der Waals surface area contributed by atoms with Crippen LogP contribution in [0.1, 0.15) is 24.7 Å². The normalized spacial score (nSPS) is 10.5. The molecule has 3 nitrogen and oxygen atoms in total. The van der Waals surface area contributed by atoms with Gasteiger partial charge in [0, 0.05) is 12.0 Å². The van der Waals surface area contributed by atoms with Crippen LogP contribution in [-0.2, 0) is 6.42 Å². The number of benzene rings is 1. The van der Waals surface area contributed by atoms with E-state index in [9.17, 15) is 0 Å². The van der Waals surface area contributed by atoms with E-state index in [4.69, 9.17) is 4.74 Å². The fourth-order valence-corrected chi connectivity index (χ4v) is 2.41. The average Bonchev–Trinajstić information content (AvgIpc) is 2.38. The van der Waals surface area contributed by atoms with Crippen LogP contribution in [0.2, 0.25) is 0 Å². The smallest absolute Gasteiger partial charge is 0.130 e.